The zero-order valence-corrected chi connectivity index (χ0v) is 14.7. The summed E-state index contributed by atoms with van der Waals surface area (Å²) in [5, 5.41) is 4.15. The number of halogens is 7. The lowest BCUT2D eigenvalue weighted by Crippen LogP contribution is -2.29. The summed E-state index contributed by atoms with van der Waals surface area (Å²) in [6.07, 6.45) is -10.2. The smallest absolute Gasteiger partial charge is 0.318 e. The van der Waals surface area contributed by atoms with Crippen LogP contribution in [0, 0.1) is 6.92 Å². The third kappa shape index (κ3) is 5.38. The van der Waals surface area contributed by atoms with E-state index in [4.69, 9.17) is 11.6 Å². The summed E-state index contributed by atoms with van der Waals surface area (Å²) in [7, 11) is 0. The van der Waals surface area contributed by atoms with Crippen LogP contribution < -0.4 is 10.6 Å². The van der Waals surface area contributed by atoms with Gasteiger partial charge in [-0.25, -0.2) is 0 Å². The van der Waals surface area contributed by atoms with E-state index in [-0.39, 0.29) is 16.8 Å². The van der Waals surface area contributed by atoms with Gasteiger partial charge in [0.1, 0.15) is 0 Å². The average molecular weight is 425 g/mol. The standard InChI is InChI=1S/C17H11ClF6N2O2/c1-8-2-3-11(7-13(8)18)25-14(27)15(28)26-12-5-9(16(19,20)21)4-10(6-12)17(22,23)24/h2-7H,1H3,(H,25,27)(H,26,28). The molecule has 0 aromatic heterocycles. The predicted molar refractivity (Wildman–Crippen MR) is 89.9 cm³/mol. The Morgan fingerprint density at radius 3 is 1.68 bits per heavy atom. The van der Waals surface area contributed by atoms with Crippen molar-refractivity contribution in [3.8, 4) is 0 Å². The molecule has 0 heterocycles. The van der Waals surface area contributed by atoms with Crippen molar-refractivity contribution in [3.05, 3.63) is 58.1 Å². The molecule has 4 nitrogen and oxygen atoms in total. The lowest BCUT2D eigenvalue weighted by Gasteiger charge is -2.14. The van der Waals surface area contributed by atoms with Crippen molar-refractivity contribution >= 4 is 34.8 Å². The van der Waals surface area contributed by atoms with E-state index in [0.29, 0.717) is 17.7 Å². The summed E-state index contributed by atoms with van der Waals surface area (Å²) in [6, 6.07) is 4.78. The van der Waals surface area contributed by atoms with Crippen LogP contribution in [0.4, 0.5) is 37.7 Å². The highest BCUT2D eigenvalue weighted by Gasteiger charge is 2.37. The maximum Gasteiger partial charge on any atom is 0.416 e. The SMILES string of the molecule is Cc1ccc(NC(=O)C(=O)Nc2cc(C(F)(F)F)cc(C(F)(F)F)c2)cc1Cl. The quantitative estimate of drug-likeness (QED) is 0.510. The first kappa shape index (κ1) is 21.5. The van der Waals surface area contributed by atoms with Gasteiger partial charge in [0.2, 0.25) is 0 Å². The van der Waals surface area contributed by atoms with E-state index in [1.54, 1.807) is 12.2 Å². The van der Waals surface area contributed by atoms with Gasteiger partial charge in [-0.05, 0) is 42.8 Å². The van der Waals surface area contributed by atoms with E-state index in [9.17, 15) is 35.9 Å². The fourth-order valence-electron chi connectivity index (χ4n) is 2.07. The van der Waals surface area contributed by atoms with Gasteiger partial charge in [0.15, 0.2) is 0 Å². The van der Waals surface area contributed by atoms with Crippen LogP contribution in [0.1, 0.15) is 16.7 Å². The fourth-order valence-corrected chi connectivity index (χ4v) is 2.25. The molecular weight excluding hydrogens is 414 g/mol. The molecule has 0 bridgehead atoms. The summed E-state index contributed by atoms with van der Waals surface area (Å²) in [5.41, 5.74) is -3.26. The van der Waals surface area contributed by atoms with E-state index in [1.807, 2.05) is 0 Å². The molecule has 150 valence electrons. The van der Waals surface area contributed by atoms with Crippen LogP contribution in [0.5, 0.6) is 0 Å². The molecule has 0 saturated carbocycles. The molecule has 0 spiro atoms. The van der Waals surface area contributed by atoms with Gasteiger partial charge in [-0.15, -0.1) is 0 Å². The largest absolute Gasteiger partial charge is 0.416 e. The molecule has 0 unspecified atom stereocenters. The third-order valence-corrected chi connectivity index (χ3v) is 3.89. The van der Waals surface area contributed by atoms with Gasteiger partial charge in [0, 0.05) is 16.4 Å². The average Bonchev–Trinajstić information content (AvgIpc) is 2.56. The third-order valence-electron chi connectivity index (χ3n) is 3.48. The van der Waals surface area contributed by atoms with Crippen molar-refractivity contribution in [1.82, 2.24) is 0 Å². The Labute approximate surface area is 159 Å². The Morgan fingerprint density at radius 1 is 0.786 bits per heavy atom. The van der Waals surface area contributed by atoms with Crippen molar-refractivity contribution in [2.75, 3.05) is 10.6 Å². The van der Waals surface area contributed by atoms with E-state index >= 15 is 0 Å². The summed E-state index contributed by atoms with van der Waals surface area (Å²) < 4.78 is 76.9. The predicted octanol–water partition coefficient (Wildman–Crippen LogP) is 5.26. The van der Waals surface area contributed by atoms with Crippen LogP contribution in [0.25, 0.3) is 0 Å². The number of benzene rings is 2. The van der Waals surface area contributed by atoms with Crippen LogP contribution in [0.15, 0.2) is 36.4 Å². The van der Waals surface area contributed by atoms with E-state index < -0.39 is 41.0 Å². The van der Waals surface area contributed by atoms with Crippen LogP contribution in [-0.4, -0.2) is 11.8 Å². The van der Waals surface area contributed by atoms with Gasteiger partial charge >= 0.3 is 24.2 Å². The van der Waals surface area contributed by atoms with Gasteiger partial charge in [-0.1, -0.05) is 17.7 Å². The maximum atomic E-state index is 12.8. The Bertz CT molecular complexity index is 893. The van der Waals surface area contributed by atoms with Crippen LogP contribution in [0.3, 0.4) is 0 Å². The minimum atomic E-state index is -5.08. The molecule has 0 fully saturated rings. The number of aryl methyl sites for hydroxylation is 1. The molecule has 11 heteroatoms. The molecule has 0 aliphatic heterocycles. The zero-order chi connectivity index (χ0) is 21.3. The number of nitrogens with one attached hydrogen (secondary N) is 2. The normalized spacial score (nSPS) is 11.9. The number of hydrogen-bond acceptors (Lipinski definition) is 2. The highest BCUT2D eigenvalue weighted by molar-refractivity contribution is 6.43. The van der Waals surface area contributed by atoms with Crippen molar-refractivity contribution in [2.24, 2.45) is 0 Å². The monoisotopic (exact) mass is 424 g/mol. The van der Waals surface area contributed by atoms with Crippen LogP contribution in [-0.2, 0) is 21.9 Å². The lowest BCUT2D eigenvalue weighted by atomic mass is 10.1. The van der Waals surface area contributed by atoms with Gasteiger partial charge in [-0.2, -0.15) is 26.3 Å². The van der Waals surface area contributed by atoms with Crippen LogP contribution >= 0.6 is 11.6 Å². The molecule has 28 heavy (non-hydrogen) atoms. The summed E-state index contributed by atoms with van der Waals surface area (Å²) >= 11 is 5.86. The number of anilines is 2. The van der Waals surface area contributed by atoms with Gasteiger partial charge in [-0.3, -0.25) is 9.59 Å². The first-order valence-electron chi connectivity index (χ1n) is 7.45. The molecule has 2 aromatic rings. The first-order valence-corrected chi connectivity index (χ1v) is 7.83. The van der Waals surface area contributed by atoms with Crippen molar-refractivity contribution in [2.45, 2.75) is 19.3 Å². The first-order chi connectivity index (χ1) is 12.8. The van der Waals surface area contributed by atoms with Crippen molar-refractivity contribution in [3.63, 3.8) is 0 Å². The van der Waals surface area contributed by atoms with Crippen molar-refractivity contribution < 1.29 is 35.9 Å². The van der Waals surface area contributed by atoms with E-state index in [2.05, 4.69) is 5.32 Å². The van der Waals surface area contributed by atoms with Crippen LogP contribution in [0.2, 0.25) is 5.02 Å². The van der Waals surface area contributed by atoms with Crippen molar-refractivity contribution in [1.29, 1.82) is 0 Å². The lowest BCUT2D eigenvalue weighted by molar-refractivity contribution is -0.143. The molecule has 2 N–H and O–H groups in total. The Kier molecular flexibility index (Phi) is 5.93. The number of carbonyl (C=O) groups is 2. The second kappa shape index (κ2) is 7.70. The van der Waals surface area contributed by atoms with Gasteiger partial charge in [0.05, 0.1) is 11.1 Å². The minimum Gasteiger partial charge on any atom is -0.318 e. The molecule has 0 radical (unpaired) electrons. The number of carbonyl (C=O) groups excluding carboxylic acids is 2. The molecule has 0 atom stereocenters. The molecule has 2 rings (SSSR count). The molecule has 0 aliphatic carbocycles. The topological polar surface area (TPSA) is 58.2 Å². The Hall–Kier alpha value is -2.75. The molecule has 0 saturated heterocycles. The summed E-state index contributed by atoms with van der Waals surface area (Å²) in [5.74, 6) is -2.75. The Balaban J connectivity index is 2.24. The number of amides is 2. The number of alkyl halides is 6. The van der Waals surface area contributed by atoms with E-state index in [0.717, 1.165) is 0 Å². The van der Waals surface area contributed by atoms with Gasteiger partial charge < -0.3 is 10.6 Å². The molecule has 2 amide bonds. The van der Waals surface area contributed by atoms with Gasteiger partial charge in [0.25, 0.3) is 0 Å². The number of hydrogen-bond donors (Lipinski definition) is 2. The molecule has 2 aromatic carbocycles. The maximum absolute atomic E-state index is 12.8. The summed E-state index contributed by atoms with van der Waals surface area (Å²) in [6.45, 7) is 1.69. The molecule has 0 aliphatic rings. The summed E-state index contributed by atoms with van der Waals surface area (Å²) in [4.78, 5) is 23.7. The molecular formula is C17H11ClF6N2O2. The fraction of sp³-hybridized carbons (Fsp3) is 0.176. The number of rotatable bonds is 2. The Morgan fingerprint density at radius 2 is 1.25 bits per heavy atom. The van der Waals surface area contributed by atoms with E-state index in [1.165, 1.54) is 18.2 Å². The highest BCUT2D eigenvalue weighted by atomic mass is 35.5. The second-order valence-corrected chi connectivity index (χ2v) is 6.07. The zero-order valence-electron chi connectivity index (χ0n) is 13.9. The highest BCUT2D eigenvalue weighted by Crippen LogP contribution is 2.37. The second-order valence-electron chi connectivity index (χ2n) is 5.67. The minimum absolute atomic E-state index is 0.0932.